The smallest absolute Gasteiger partial charge is 0.394 e. The van der Waals surface area contributed by atoms with Gasteiger partial charge >= 0.3 is 7.82 Å². The van der Waals surface area contributed by atoms with E-state index in [9.17, 15) is 4.57 Å². The van der Waals surface area contributed by atoms with Gasteiger partial charge in [-0.05, 0) is 0 Å². The average molecular weight is 202 g/mol. The first-order valence-corrected chi connectivity index (χ1v) is 4.57. The van der Waals surface area contributed by atoms with Crippen LogP contribution in [0.5, 0.6) is 0 Å². The topological polar surface area (TPSA) is 127 Å². The van der Waals surface area contributed by atoms with Crippen LogP contribution in [0.1, 0.15) is 0 Å². The molecule has 0 spiro atoms. The fourth-order valence-corrected chi connectivity index (χ4v) is 0.753. The summed E-state index contributed by atoms with van der Waals surface area (Å²) in [6.45, 7) is -1.43. The Morgan fingerprint density at radius 1 is 1.25 bits per heavy atom. The molecule has 12 heavy (non-hydrogen) atoms. The first-order valence-electron chi connectivity index (χ1n) is 3.04. The lowest BCUT2D eigenvalue weighted by Crippen LogP contribution is -2.32. The minimum Gasteiger partial charge on any atom is -0.394 e. The Morgan fingerprint density at radius 2 is 1.75 bits per heavy atom. The van der Waals surface area contributed by atoms with Crippen molar-refractivity contribution in [3.63, 3.8) is 0 Å². The van der Waals surface area contributed by atoms with Crippen molar-refractivity contribution in [1.82, 2.24) is 0 Å². The van der Waals surface area contributed by atoms with Gasteiger partial charge in [0.1, 0.15) is 12.2 Å². The van der Waals surface area contributed by atoms with Crippen LogP contribution in [0.15, 0.2) is 0 Å². The van der Waals surface area contributed by atoms with Crippen LogP contribution in [-0.4, -0.2) is 50.5 Å². The molecule has 0 heterocycles. The van der Waals surface area contributed by atoms with Crippen LogP contribution in [0, 0.1) is 0 Å². The third-order valence-electron chi connectivity index (χ3n) is 1.04. The zero-order valence-electron chi connectivity index (χ0n) is 6.07. The van der Waals surface area contributed by atoms with Gasteiger partial charge in [0.05, 0.1) is 13.2 Å². The van der Waals surface area contributed by atoms with Crippen molar-refractivity contribution < 1.29 is 34.2 Å². The van der Waals surface area contributed by atoms with Gasteiger partial charge in [0, 0.05) is 0 Å². The monoisotopic (exact) mass is 202 g/mol. The highest BCUT2D eigenvalue weighted by Gasteiger charge is 2.21. The normalized spacial score (nSPS) is 17.4. The number of aliphatic hydroxyl groups excluding tert-OH is 3. The second-order valence-electron chi connectivity index (χ2n) is 2.10. The third-order valence-corrected chi connectivity index (χ3v) is 1.53. The van der Waals surface area contributed by atoms with Crippen molar-refractivity contribution in [1.29, 1.82) is 0 Å². The van der Waals surface area contributed by atoms with Crippen LogP contribution < -0.4 is 0 Å². The molecule has 0 aromatic heterocycles. The van der Waals surface area contributed by atoms with E-state index in [2.05, 4.69) is 4.52 Å². The van der Waals surface area contributed by atoms with E-state index < -0.39 is 33.2 Å². The predicted molar refractivity (Wildman–Crippen MR) is 37.1 cm³/mol. The van der Waals surface area contributed by atoms with Crippen LogP contribution in [0.25, 0.3) is 0 Å². The molecule has 7 nitrogen and oxygen atoms in total. The van der Waals surface area contributed by atoms with Crippen molar-refractivity contribution in [3.05, 3.63) is 0 Å². The maximum atomic E-state index is 10.1. The largest absolute Gasteiger partial charge is 0.469 e. The summed E-state index contributed by atoms with van der Waals surface area (Å²) in [6.07, 6.45) is -2.97. The molecule has 5 N–H and O–H groups in total. The lowest BCUT2D eigenvalue weighted by Gasteiger charge is -2.15. The Bertz CT molecular complexity index is 165. The van der Waals surface area contributed by atoms with Gasteiger partial charge in [-0.3, -0.25) is 4.52 Å². The van der Waals surface area contributed by atoms with Gasteiger partial charge < -0.3 is 25.1 Å². The summed E-state index contributed by atoms with van der Waals surface area (Å²) in [4.78, 5) is 16.3. The number of aliphatic hydroxyl groups is 3. The molecule has 0 rings (SSSR count). The summed E-state index contributed by atoms with van der Waals surface area (Å²) in [5, 5.41) is 25.8. The lowest BCUT2D eigenvalue weighted by atomic mass is 10.2. The molecule has 0 aliphatic rings. The highest BCUT2D eigenvalue weighted by molar-refractivity contribution is 7.46. The molecular weight excluding hydrogens is 191 g/mol. The van der Waals surface area contributed by atoms with Crippen molar-refractivity contribution >= 4 is 7.82 Å². The van der Waals surface area contributed by atoms with E-state index in [1.165, 1.54) is 0 Å². The van der Waals surface area contributed by atoms with Crippen molar-refractivity contribution in [2.75, 3.05) is 13.2 Å². The molecule has 0 aliphatic carbocycles. The second-order valence-corrected chi connectivity index (χ2v) is 3.34. The van der Waals surface area contributed by atoms with E-state index >= 15 is 0 Å². The number of phosphoric acid groups is 1. The zero-order valence-corrected chi connectivity index (χ0v) is 6.96. The molecule has 0 saturated heterocycles. The summed E-state index contributed by atoms with van der Waals surface area (Å²) in [6, 6.07) is 0. The van der Waals surface area contributed by atoms with Gasteiger partial charge in [-0.25, -0.2) is 4.57 Å². The van der Waals surface area contributed by atoms with Crippen LogP contribution in [0.4, 0.5) is 0 Å². The average Bonchev–Trinajstić information content (AvgIpc) is 1.97. The Balaban J connectivity index is 3.71. The standard InChI is InChI=1S/C4H11O7P/c5-1-3(6)4(7)2-11-12(8,9)10/h3-7H,1-2H2,(H2,8,9,10)/t3-,4-/m1/s1. The Morgan fingerprint density at radius 3 is 2.08 bits per heavy atom. The van der Waals surface area contributed by atoms with Gasteiger partial charge in [-0.1, -0.05) is 0 Å². The molecule has 0 fully saturated rings. The second kappa shape index (κ2) is 4.88. The first kappa shape index (κ1) is 12.0. The molecular formula is C4H11O7P. The predicted octanol–water partition coefficient (Wildman–Crippen LogP) is -2.19. The fourth-order valence-electron chi connectivity index (χ4n) is 0.406. The molecule has 0 radical (unpaired) electrons. The Kier molecular flexibility index (Phi) is 4.88. The molecule has 0 aromatic carbocycles. The van der Waals surface area contributed by atoms with E-state index in [4.69, 9.17) is 25.1 Å². The molecule has 0 bridgehead atoms. The van der Waals surface area contributed by atoms with Crippen molar-refractivity contribution in [2.24, 2.45) is 0 Å². The van der Waals surface area contributed by atoms with E-state index in [1.807, 2.05) is 0 Å². The Labute approximate surface area is 68.5 Å². The first-order chi connectivity index (χ1) is 5.37. The quantitative estimate of drug-likeness (QED) is 0.320. The van der Waals surface area contributed by atoms with Crippen molar-refractivity contribution in [2.45, 2.75) is 12.2 Å². The lowest BCUT2D eigenvalue weighted by molar-refractivity contribution is -0.0381. The fraction of sp³-hybridized carbons (Fsp3) is 1.00. The maximum absolute atomic E-state index is 10.1. The number of rotatable bonds is 5. The molecule has 0 saturated carbocycles. The number of phosphoric ester groups is 1. The molecule has 8 heteroatoms. The van der Waals surface area contributed by atoms with Crippen molar-refractivity contribution in [3.8, 4) is 0 Å². The highest BCUT2D eigenvalue weighted by atomic mass is 31.2. The molecule has 0 aliphatic heterocycles. The third kappa shape index (κ3) is 5.62. The molecule has 0 aromatic rings. The summed E-state index contributed by atoms with van der Waals surface area (Å²) in [5.41, 5.74) is 0. The van der Waals surface area contributed by atoms with Crippen LogP contribution in [0.2, 0.25) is 0 Å². The zero-order chi connectivity index (χ0) is 9.78. The molecule has 0 unspecified atom stereocenters. The summed E-state index contributed by atoms with van der Waals surface area (Å²) in [5.74, 6) is 0. The van der Waals surface area contributed by atoms with E-state index in [1.54, 1.807) is 0 Å². The minimum atomic E-state index is -4.62. The molecule has 74 valence electrons. The highest BCUT2D eigenvalue weighted by Crippen LogP contribution is 2.35. The summed E-state index contributed by atoms with van der Waals surface area (Å²) >= 11 is 0. The molecule has 0 amide bonds. The van der Waals surface area contributed by atoms with Crippen LogP contribution >= 0.6 is 7.82 Å². The summed E-state index contributed by atoms with van der Waals surface area (Å²) < 4.78 is 13.9. The van der Waals surface area contributed by atoms with E-state index in [0.717, 1.165) is 0 Å². The number of hydrogen-bond acceptors (Lipinski definition) is 5. The molecule has 2 atom stereocenters. The van der Waals surface area contributed by atoms with Gasteiger partial charge in [0.25, 0.3) is 0 Å². The van der Waals surface area contributed by atoms with E-state index in [-0.39, 0.29) is 0 Å². The van der Waals surface area contributed by atoms with Crippen LogP contribution in [0.3, 0.4) is 0 Å². The van der Waals surface area contributed by atoms with Gasteiger partial charge in [-0.15, -0.1) is 0 Å². The van der Waals surface area contributed by atoms with Crippen LogP contribution in [-0.2, 0) is 9.09 Å². The maximum Gasteiger partial charge on any atom is 0.469 e. The minimum absolute atomic E-state index is 0.703. The number of hydrogen-bond donors (Lipinski definition) is 5. The van der Waals surface area contributed by atoms with E-state index in [0.29, 0.717) is 0 Å². The summed E-state index contributed by atoms with van der Waals surface area (Å²) in [7, 11) is -4.62. The van der Waals surface area contributed by atoms with Gasteiger partial charge in [-0.2, -0.15) is 0 Å². The van der Waals surface area contributed by atoms with Gasteiger partial charge in [0.2, 0.25) is 0 Å². The SMILES string of the molecule is O=P(O)(O)OC[C@@H](O)[C@H](O)CO. The van der Waals surface area contributed by atoms with Gasteiger partial charge in [0.15, 0.2) is 0 Å². The Hall–Kier alpha value is -0.0100.